The van der Waals surface area contributed by atoms with Crippen LogP contribution in [0.5, 0.6) is 0 Å². The van der Waals surface area contributed by atoms with Crippen LogP contribution < -0.4 is 5.32 Å². The van der Waals surface area contributed by atoms with E-state index in [1.54, 1.807) is 0 Å². The number of hydrogen-bond acceptors (Lipinski definition) is 4. The lowest BCUT2D eigenvalue weighted by Crippen LogP contribution is -2.46. The maximum Gasteiger partial charge on any atom is 0.407 e. The highest BCUT2D eigenvalue weighted by atomic mass is 16.5. The first-order chi connectivity index (χ1) is 16.8. The number of fused-ring (bicyclic) bond motifs is 4. The smallest absolute Gasteiger partial charge is 0.407 e. The van der Waals surface area contributed by atoms with Gasteiger partial charge in [-0.2, -0.15) is 0 Å². The molecule has 2 fully saturated rings. The molecule has 4 atom stereocenters. The molecule has 2 amide bonds. The predicted octanol–water partition coefficient (Wildman–Crippen LogP) is 4.41. The number of carbonyl (C=O) groups excluding carboxylic acids is 2. The van der Waals surface area contributed by atoms with E-state index in [9.17, 15) is 19.5 Å². The minimum Gasteiger partial charge on any atom is -0.480 e. The molecule has 35 heavy (non-hydrogen) atoms. The van der Waals surface area contributed by atoms with E-state index in [4.69, 9.17) is 4.74 Å². The SMILES string of the molecule is CCC(C)N(CC(=O)O)C(=O)[C@]12C[C@H](NC(=O)OCC3c4ccccc4-c4ccccc43)C[C@H]1C2. The third kappa shape index (κ3) is 4.17. The minimum absolute atomic E-state index is 0.00170. The van der Waals surface area contributed by atoms with Gasteiger partial charge in [0.05, 0.1) is 5.41 Å². The van der Waals surface area contributed by atoms with Gasteiger partial charge in [0.15, 0.2) is 0 Å². The van der Waals surface area contributed by atoms with Crippen LogP contribution in [0.2, 0.25) is 0 Å². The number of nitrogens with one attached hydrogen (secondary N) is 1. The summed E-state index contributed by atoms with van der Waals surface area (Å²) in [6.45, 7) is 3.80. The number of carbonyl (C=O) groups is 3. The minimum atomic E-state index is -1.00. The molecule has 3 aliphatic rings. The van der Waals surface area contributed by atoms with Crippen molar-refractivity contribution in [3.05, 3.63) is 59.7 Å². The van der Waals surface area contributed by atoms with Gasteiger partial charge in [-0.3, -0.25) is 9.59 Å². The number of amides is 2. The summed E-state index contributed by atoms with van der Waals surface area (Å²) in [5.74, 6) is -0.901. The highest BCUT2D eigenvalue weighted by Crippen LogP contribution is 2.64. The lowest BCUT2D eigenvalue weighted by molar-refractivity contribution is -0.149. The number of aliphatic carboxylic acids is 1. The Hall–Kier alpha value is -3.35. The van der Waals surface area contributed by atoms with Crippen molar-refractivity contribution in [2.24, 2.45) is 11.3 Å². The summed E-state index contributed by atoms with van der Waals surface area (Å²) < 4.78 is 5.68. The number of benzene rings is 2. The monoisotopic (exact) mass is 476 g/mol. The molecule has 184 valence electrons. The van der Waals surface area contributed by atoms with E-state index >= 15 is 0 Å². The Morgan fingerprint density at radius 1 is 1.09 bits per heavy atom. The molecule has 0 aromatic heterocycles. The Bertz CT molecular complexity index is 1120. The molecule has 2 saturated carbocycles. The number of carboxylic acid groups (broad SMARTS) is 1. The molecule has 2 aromatic rings. The van der Waals surface area contributed by atoms with Gasteiger partial charge in [0.1, 0.15) is 13.2 Å². The van der Waals surface area contributed by atoms with Gasteiger partial charge in [0.2, 0.25) is 5.91 Å². The molecule has 7 heteroatoms. The average Bonchev–Trinajstić information content (AvgIpc) is 3.27. The summed E-state index contributed by atoms with van der Waals surface area (Å²) in [5, 5.41) is 12.3. The Kier molecular flexibility index (Phi) is 6.03. The van der Waals surface area contributed by atoms with Gasteiger partial charge in [0, 0.05) is 18.0 Å². The first-order valence-electron chi connectivity index (χ1n) is 12.5. The van der Waals surface area contributed by atoms with Crippen LogP contribution in [0.25, 0.3) is 11.1 Å². The second-order valence-electron chi connectivity index (χ2n) is 10.2. The fourth-order valence-corrected chi connectivity index (χ4v) is 6.15. The molecule has 0 aliphatic heterocycles. The molecule has 0 radical (unpaired) electrons. The molecule has 0 heterocycles. The summed E-state index contributed by atoms with van der Waals surface area (Å²) in [7, 11) is 0. The van der Waals surface area contributed by atoms with Crippen molar-refractivity contribution < 1.29 is 24.2 Å². The van der Waals surface area contributed by atoms with Crippen molar-refractivity contribution in [1.29, 1.82) is 0 Å². The normalized spacial score (nSPS) is 24.6. The molecule has 5 rings (SSSR count). The van der Waals surface area contributed by atoms with Crippen LogP contribution in [0, 0.1) is 11.3 Å². The van der Waals surface area contributed by atoms with E-state index in [0.717, 1.165) is 24.0 Å². The van der Waals surface area contributed by atoms with E-state index in [-0.39, 0.29) is 43.0 Å². The van der Waals surface area contributed by atoms with Crippen molar-refractivity contribution in [2.75, 3.05) is 13.2 Å². The molecule has 3 aliphatic carbocycles. The number of hydrogen-bond donors (Lipinski definition) is 2. The van der Waals surface area contributed by atoms with Crippen molar-refractivity contribution in [3.63, 3.8) is 0 Å². The van der Waals surface area contributed by atoms with Gasteiger partial charge in [0.25, 0.3) is 0 Å². The van der Waals surface area contributed by atoms with Crippen molar-refractivity contribution in [1.82, 2.24) is 10.2 Å². The maximum atomic E-state index is 13.3. The molecule has 0 saturated heterocycles. The van der Waals surface area contributed by atoms with E-state index in [1.807, 2.05) is 38.1 Å². The molecule has 1 unspecified atom stereocenters. The highest BCUT2D eigenvalue weighted by Gasteiger charge is 2.66. The van der Waals surface area contributed by atoms with E-state index < -0.39 is 17.5 Å². The predicted molar refractivity (Wildman–Crippen MR) is 131 cm³/mol. The Morgan fingerprint density at radius 3 is 2.31 bits per heavy atom. The lowest BCUT2D eigenvalue weighted by Gasteiger charge is -2.31. The third-order valence-electron chi connectivity index (χ3n) is 8.19. The quantitative estimate of drug-likeness (QED) is 0.589. The lowest BCUT2D eigenvalue weighted by atomic mass is 9.98. The molecular formula is C28H32N2O5. The van der Waals surface area contributed by atoms with Gasteiger partial charge in [-0.25, -0.2) is 4.79 Å². The van der Waals surface area contributed by atoms with Crippen LogP contribution in [0.15, 0.2) is 48.5 Å². The van der Waals surface area contributed by atoms with E-state index in [2.05, 4.69) is 29.6 Å². The summed E-state index contributed by atoms with van der Waals surface area (Å²) in [4.78, 5) is 38.9. The number of rotatable bonds is 8. The zero-order valence-corrected chi connectivity index (χ0v) is 20.2. The summed E-state index contributed by atoms with van der Waals surface area (Å²) in [6, 6.07) is 16.1. The van der Waals surface area contributed by atoms with Crippen molar-refractivity contribution in [2.45, 2.75) is 57.5 Å². The second-order valence-corrected chi connectivity index (χ2v) is 10.2. The van der Waals surface area contributed by atoms with Crippen molar-refractivity contribution >= 4 is 18.0 Å². The van der Waals surface area contributed by atoms with Crippen LogP contribution in [0.4, 0.5) is 4.79 Å². The van der Waals surface area contributed by atoms with Crippen LogP contribution in [0.1, 0.15) is 56.6 Å². The number of ether oxygens (including phenoxy) is 1. The van der Waals surface area contributed by atoms with Crippen molar-refractivity contribution in [3.8, 4) is 11.1 Å². The van der Waals surface area contributed by atoms with Crippen LogP contribution in [-0.2, 0) is 14.3 Å². The highest BCUT2D eigenvalue weighted by molar-refractivity contribution is 5.89. The molecule has 0 bridgehead atoms. The van der Waals surface area contributed by atoms with Gasteiger partial charge >= 0.3 is 12.1 Å². The van der Waals surface area contributed by atoms with E-state index in [1.165, 1.54) is 16.0 Å². The summed E-state index contributed by atoms with van der Waals surface area (Å²) in [6.07, 6.45) is 2.25. The Morgan fingerprint density at radius 2 is 1.71 bits per heavy atom. The Labute approximate surface area is 205 Å². The van der Waals surface area contributed by atoms with Gasteiger partial charge in [-0.1, -0.05) is 55.5 Å². The van der Waals surface area contributed by atoms with Crippen LogP contribution in [0.3, 0.4) is 0 Å². The van der Waals surface area contributed by atoms with Gasteiger partial charge < -0.3 is 20.1 Å². The summed E-state index contributed by atoms with van der Waals surface area (Å²) in [5.41, 5.74) is 4.15. The second kappa shape index (κ2) is 9.02. The first kappa shape index (κ1) is 23.4. The maximum absolute atomic E-state index is 13.3. The Balaban J connectivity index is 1.20. The van der Waals surface area contributed by atoms with Crippen LogP contribution >= 0.6 is 0 Å². The van der Waals surface area contributed by atoms with Crippen LogP contribution in [-0.4, -0.2) is 53.2 Å². The molecule has 2 N–H and O–H groups in total. The first-order valence-corrected chi connectivity index (χ1v) is 12.5. The topological polar surface area (TPSA) is 95.9 Å². The average molecular weight is 477 g/mol. The zero-order chi connectivity index (χ0) is 24.7. The molecule has 7 nitrogen and oxygen atoms in total. The largest absolute Gasteiger partial charge is 0.480 e. The van der Waals surface area contributed by atoms with Gasteiger partial charge in [-0.15, -0.1) is 0 Å². The summed E-state index contributed by atoms with van der Waals surface area (Å²) >= 11 is 0. The standard InChI is InChI=1S/C28H32N2O5/c1-3-17(2)30(15-25(31)32)26(33)28-13-18(28)12-19(14-28)29-27(34)35-16-24-22-10-6-4-8-20(22)21-9-5-7-11-23(21)24/h4-11,17-19,24H,3,12-16H2,1-2H3,(H,29,34)(H,31,32)/t17?,18-,19+,28+/m0/s1. The fraction of sp³-hybridized carbons (Fsp3) is 0.464. The molecule has 0 spiro atoms. The van der Waals surface area contributed by atoms with E-state index in [0.29, 0.717) is 12.8 Å². The third-order valence-corrected chi connectivity index (χ3v) is 8.19. The zero-order valence-electron chi connectivity index (χ0n) is 20.2. The molecule has 2 aromatic carbocycles. The number of nitrogens with zero attached hydrogens (tertiary/aromatic N) is 1. The fourth-order valence-electron chi connectivity index (χ4n) is 6.15. The molecular weight excluding hydrogens is 444 g/mol. The number of alkyl carbamates (subject to hydrolysis) is 1. The van der Waals surface area contributed by atoms with Gasteiger partial charge in [-0.05, 0) is 60.8 Å². The number of carboxylic acids is 1.